The molecule has 0 spiro atoms. The van der Waals surface area contributed by atoms with Gasteiger partial charge in [0.25, 0.3) is 0 Å². The van der Waals surface area contributed by atoms with E-state index in [1.165, 1.54) is 0 Å². The molecule has 0 fully saturated rings. The molecule has 0 bridgehead atoms. The van der Waals surface area contributed by atoms with Crippen molar-refractivity contribution in [1.29, 1.82) is 0 Å². The number of oxime groups is 1. The third-order valence-corrected chi connectivity index (χ3v) is 2.56. The lowest BCUT2D eigenvalue weighted by molar-refractivity contribution is 0.302. The molecule has 0 saturated carbocycles. The van der Waals surface area contributed by atoms with E-state index < -0.39 is 0 Å². The molecule has 0 radical (unpaired) electrons. The van der Waals surface area contributed by atoms with Crippen molar-refractivity contribution in [2.24, 2.45) is 16.3 Å². The Morgan fingerprint density at radius 1 is 1.73 bits per heavy atom. The van der Waals surface area contributed by atoms with Crippen LogP contribution in [0.25, 0.3) is 0 Å². The highest BCUT2D eigenvalue weighted by Crippen LogP contribution is 2.21. The van der Waals surface area contributed by atoms with Crippen molar-refractivity contribution in [3.05, 3.63) is 17.4 Å². The van der Waals surface area contributed by atoms with E-state index in [0.29, 0.717) is 11.6 Å². The highest BCUT2D eigenvalue weighted by Gasteiger charge is 2.23. The van der Waals surface area contributed by atoms with Gasteiger partial charge in [-0.3, -0.25) is 4.68 Å². The normalized spacial score (nSPS) is 13.1. The van der Waals surface area contributed by atoms with E-state index >= 15 is 0 Å². The lowest BCUT2D eigenvalue weighted by Crippen LogP contribution is -2.33. The van der Waals surface area contributed by atoms with Gasteiger partial charge in [-0.2, -0.15) is 5.10 Å². The highest BCUT2D eigenvalue weighted by molar-refractivity contribution is 6.30. The molecule has 1 aromatic heterocycles. The largest absolute Gasteiger partial charge is 0.409 e. The molecule has 0 aliphatic heterocycles. The minimum absolute atomic E-state index is 0.223. The smallest absolute Gasteiger partial charge is 0.144 e. The van der Waals surface area contributed by atoms with E-state index in [-0.39, 0.29) is 11.3 Å². The van der Waals surface area contributed by atoms with Gasteiger partial charge in [-0.05, 0) is 6.42 Å². The van der Waals surface area contributed by atoms with Crippen LogP contribution in [0.3, 0.4) is 0 Å². The lowest BCUT2D eigenvalue weighted by atomic mass is 9.88. The van der Waals surface area contributed by atoms with Gasteiger partial charge in [-0.25, -0.2) is 0 Å². The molecule has 0 aromatic carbocycles. The first-order valence-electron chi connectivity index (χ1n) is 4.61. The number of rotatable bonds is 4. The third kappa shape index (κ3) is 3.13. The number of halogens is 1. The number of hydrogen-bond donors (Lipinski definition) is 2. The van der Waals surface area contributed by atoms with Crippen molar-refractivity contribution in [1.82, 2.24) is 9.78 Å². The molecule has 5 nitrogen and oxygen atoms in total. The van der Waals surface area contributed by atoms with Gasteiger partial charge in [0.05, 0.1) is 11.2 Å². The third-order valence-electron chi connectivity index (χ3n) is 2.37. The summed E-state index contributed by atoms with van der Waals surface area (Å²) in [5, 5.41) is 16.3. The Bertz CT molecular complexity index is 359. The Morgan fingerprint density at radius 2 is 2.40 bits per heavy atom. The second kappa shape index (κ2) is 4.53. The van der Waals surface area contributed by atoms with Gasteiger partial charge in [0.15, 0.2) is 0 Å². The van der Waals surface area contributed by atoms with E-state index in [4.69, 9.17) is 22.5 Å². The van der Waals surface area contributed by atoms with Crippen LogP contribution in [0.5, 0.6) is 0 Å². The number of aromatic nitrogens is 2. The van der Waals surface area contributed by atoms with Crippen molar-refractivity contribution < 1.29 is 5.21 Å². The molecule has 3 N–H and O–H groups in total. The maximum atomic E-state index is 8.59. The topological polar surface area (TPSA) is 76.4 Å². The van der Waals surface area contributed by atoms with Gasteiger partial charge in [-0.1, -0.05) is 30.6 Å². The zero-order valence-electron chi connectivity index (χ0n) is 8.81. The fraction of sp³-hybridized carbons (Fsp3) is 0.556. The average molecular weight is 231 g/mol. The Morgan fingerprint density at radius 3 is 2.87 bits per heavy atom. The molecule has 6 heteroatoms. The molecule has 1 aromatic rings. The van der Waals surface area contributed by atoms with E-state index in [9.17, 15) is 0 Å². The van der Waals surface area contributed by atoms with Gasteiger partial charge in [0.2, 0.25) is 0 Å². The molecule has 0 aliphatic rings. The molecular weight excluding hydrogens is 216 g/mol. The van der Waals surface area contributed by atoms with Crippen LogP contribution in [0.15, 0.2) is 17.5 Å². The fourth-order valence-electron chi connectivity index (χ4n) is 1.12. The molecule has 0 aliphatic carbocycles. The van der Waals surface area contributed by atoms with Crippen LogP contribution in [0.4, 0.5) is 0 Å². The van der Waals surface area contributed by atoms with Gasteiger partial charge in [0.1, 0.15) is 5.84 Å². The molecule has 1 rings (SSSR count). The monoisotopic (exact) mass is 230 g/mol. The molecule has 15 heavy (non-hydrogen) atoms. The van der Waals surface area contributed by atoms with Gasteiger partial charge < -0.3 is 10.9 Å². The molecular formula is C9H15ClN4O. The second-order valence-electron chi connectivity index (χ2n) is 4.04. The van der Waals surface area contributed by atoms with E-state index in [1.807, 2.05) is 13.8 Å². The van der Waals surface area contributed by atoms with Crippen LogP contribution >= 0.6 is 11.6 Å². The van der Waals surface area contributed by atoms with Crippen molar-refractivity contribution in [3.8, 4) is 0 Å². The van der Waals surface area contributed by atoms with Crippen molar-refractivity contribution in [3.63, 3.8) is 0 Å². The maximum absolute atomic E-state index is 8.59. The van der Waals surface area contributed by atoms with E-state index in [1.54, 1.807) is 17.1 Å². The fourth-order valence-corrected chi connectivity index (χ4v) is 1.27. The Hall–Kier alpha value is -1.23. The number of nitrogens with two attached hydrogens (primary N) is 1. The van der Waals surface area contributed by atoms with E-state index in [2.05, 4.69) is 10.3 Å². The number of aryl methyl sites for hydroxylation is 1. The summed E-state index contributed by atoms with van der Waals surface area (Å²) >= 11 is 5.73. The Kier molecular flexibility index (Phi) is 3.57. The van der Waals surface area contributed by atoms with Gasteiger partial charge >= 0.3 is 0 Å². The van der Waals surface area contributed by atoms with Crippen LogP contribution in [-0.4, -0.2) is 20.8 Å². The molecule has 0 amide bonds. The summed E-state index contributed by atoms with van der Waals surface area (Å²) in [5.74, 6) is 0.223. The minimum atomic E-state index is -0.354. The first-order chi connectivity index (χ1) is 6.95. The summed E-state index contributed by atoms with van der Waals surface area (Å²) in [6.45, 7) is 4.50. The van der Waals surface area contributed by atoms with Gasteiger partial charge in [0, 0.05) is 18.2 Å². The summed E-state index contributed by atoms with van der Waals surface area (Å²) in [6.07, 6.45) is 4.04. The SMILES string of the molecule is CC(C)(CCn1cc(Cl)cn1)C(N)=NO. The standard InChI is InChI=1S/C9H15ClN4O/c1-9(2,8(11)13-15)3-4-14-6-7(10)5-12-14/h5-6,15H,3-4H2,1-2H3,(H2,11,13). The van der Waals surface area contributed by atoms with Crippen molar-refractivity contribution >= 4 is 17.4 Å². The summed E-state index contributed by atoms with van der Waals surface area (Å²) in [7, 11) is 0. The van der Waals surface area contributed by atoms with E-state index in [0.717, 1.165) is 6.42 Å². The Labute approximate surface area is 93.5 Å². The first kappa shape index (κ1) is 11.8. The number of nitrogens with zero attached hydrogens (tertiary/aromatic N) is 3. The zero-order chi connectivity index (χ0) is 11.5. The number of amidine groups is 1. The summed E-state index contributed by atoms with van der Waals surface area (Å²) in [5.41, 5.74) is 5.21. The molecule has 84 valence electrons. The zero-order valence-corrected chi connectivity index (χ0v) is 9.57. The van der Waals surface area contributed by atoms with Crippen LogP contribution in [0.2, 0.25) is 5.02 Å². The predicted octanol–water partition coefficient (Wildman–Crippen LogP) is 1.70. The lowest BCUT2D eigenvalue weighted by Gasteiger charge is -2.22. The minimum Gasteiger partial charge on any atom is -0.409 e. The summed E-state index contributed by atoms with van der Waals surface area (Å²) < 4.78 is 1.73. The summed E-state index contributed by atoms with van der Waals surface area (Å²) in [6, 6.07) is 0. The quantitative estimate of drug-likeness (QED) is 0.358. The molecule has 0 atom stereocenters. The average Bonchev–Trinajstić information content (AvgIpc) is 2.60. The Balaban J connectivity index is 2.57. The van der Waals surface area contributed by atoms with Crippen LogP contribution < -0.4 is 5.73 Å². The molecule has 1 heterocycles. The highest BCUT2D eigenvalue weighted by atomic mass is 35.5. The van der Waals surface area contributed by atoms with Crippen LogP contribution in [-0.2, 0) is 6.54 Å². The predicted molar refractivity (Wildman–Crippen MR) is 59.0 cm³/mol. The van der Waals surface area contributed by atoms with Crippen molar-refractivity contribution in [2.75, 3.05) is 0 Å². The van der Waals surface area contributed by atoms with Crippen LogP contribution in [0.1, 0.15) is 20.3 Å². The second-order valence-corrected chi connectivity index (χ2v) is 4.48. The number of hydrogen-bond acceptors (Lipinski definition) is 3. The first-order valence-corrected chi connectivity index (χ1v) is 4.99. The summed E-state index contributed by atoms with van der Waals surface area (Å²) in [4.78, 5) is 0. The maximum Gasteiger partial charge on any atom is 0.144 e. The van der Waals surface area contributed by atoms with Crippen LogP contribution in [0, 0.1) is 5.41 Å². The molecule has 0 saturated heterocycles. The molecule has 0 unspecified atom stereocenters. The van der Waals surface area contributed by atoms with Crippen molar-refractivity contribution in [2.45, 2.75) is 26.8 Å². The van der Waals surface area contributed by atoms with Gasteiger partial charge in [-0.15, -0.1) is 0 Å².